The molecule has 4 heterocycles. The number of morpholine rings is 1. The lowest BCUT2D eigenvalue weighted by atomic mass is 10.0. The summed E-state index contributed by atoms with van der Waals surface area (Å²) in [4.78, 5) is 29.5. The van der Waals surface area contributed by atoms with Gasteiger partial charge in [0, 0.05) is 49.9 Å². The molecule has 0 spiro atoms. The van der Waals surface area contributed by atoms with Crippen LogP contribution in [0, 0.1) is 0 Å². The van der Waals surface area contributed by atoms with Crippen molar-refractivity contribution in [1.82, 2.24) is 19.9 Å². The lowest BCUT2D eigenvalue weighted by Gasteiger charge is -2.36. The molecule has 7 heteroatoms. The van der Waals surface area contributed by atoms with Crippen LogP contribution in [0.1, 0.15) is 30.7 Å². The maximum absolute atomic E-state index is 12.7. The standard InChI is InChI=1S/C23H27N5O2/c1-15-11-28(12-16(2)30-15)23-25-21-14-27(9-7-19(21)22(29)26-23)13-17-5-6-20-18(10-17)4-3-8-24-20/h3-6,8,10,15-16H,7,9,11-14H2,1-2H3,(H,25,26,29). The minimum atomic E-state index is -0.00164. The number of anilines is 1. The molecule has 0 aliphatic carbocycles. The minimum Gasteiger partial charge on any atom is -0.372 e. The molecule has 1 saturated heterocycles. The van der Waals surface area contributed by atoms with E-state index in [9.17, 15) is 4.79 Å². The van der Waals surface area contributed by atoms with Gasteiger partial charge in [-0.2, -0.15) is 0 Å². The van der Waals surface area contributed by atoms with Crippen molar-refractivity contribution in [3.63, 3.8) is 0 Å². The van der Waals surface area contributed by atoms with Gasteiger partial charge in [-0.15, -0.1) is 0 Å². The lowest BCUT2D eigenvalue weighted by Crippen LogP contribution is -2.47. The number of ether oxygens (including phenoxy) is 1. The first kappa shape index (κ1) is 19.2. The first-order valence-corrected chi connectivity index (χ1v) is 10.6. The van der Waals surface area contributed by atoms with Crippen LogP contribution in [0.25, 0.3) is 10.9 Å². The van der Waals surface area contributed by atoms with E-state index in [4.69, 9.17) is 9.72 Å². The van der Waals surface area contributed by atoms with Gasteiger partial charge in [0.05, 0.1) is 23.4 Å². The van der Waals surface area contributed by atoms with E-state index in [1.807, 2.05) is 12.3 Å². The number of hydrogen-bond acceptors (Lipinski definition) is 6. The van der Waals surface area contributed by atoms with Gasteiger partial charge in [-0.25, -0.2) is 4.98 Å². The molecule has 0 bridgehead atoms. The SMILES string of the molecule is CC1CN(c2nc3c(c(=O)[nH]2)CCN(Cc2ccc4ncccc4c2)C3)CC(C)O1. The third-order valence-electron chi connectivity index (χ3n) is 5.93. The Morgan fingerprint density at radius 2 is 2.03 bits per heavy atom. The molecule has 2 unspecified atom stereocenters. The highest BCUT2D eigenvalue weighted by atomic mass is 16.5. The normalized spacial score (nSPS) is 22.3. The summed E-state index contributed by atoms with van der Waals surface area (Å²) in [7, 11) is 0. The maximum atomic E-state index is 12.7. The van der Waals surface area contributed by atoms with Gasteiger partial charge in [-0.05, 0) is 44.0 Å². The van der Waals surface area contributed by atoms with E-state index >= 15 is 0 Å². The van der Waals surface area contributed by atoms with Crippen LogP contribution in [0.3, 0.4) is 0 Å². The summed E-state index contributed by atoms with van der Waals surface area (Å²) < 4.78 is 5.82. The van der Waals surface area contributed by atoms with Crippen molar-refractivity contribution < 1.29 is 4.74 Å². The summed E-state index contributed by atoms with van der Waals surface area (Å²) in [6.07, 6.45) is 2.78. The molecule has 2 aliphatic heterocycles. The lowest BCUT2D eigenvalue weighted by molar-refractivity contribution is -0.00576. The Hall–Kier alpha value is -2.77. The number of pyridine rings is 1. The van der Waals surface area contributed by atoms with Gasteiger partial charge in [0.1, 0.15) is 0 Å². The summed E-state index contributed by atoms with van der Waals surface area (Å²) in [6, 6.07) is 10.5. The van der Waals surface area contributed by atoms with Crippen LogP contribution in [0.2, 0.25) is 0 Å². The molecule has 1 aromatic carbocycles. The van der Waals surface area contributed by atoms with Crippen LogP contribution < -0.4 is 10.5 Å². The molecule has 2 aliphatic rings. The van der Waals surface area contributed by atoms with E-state index in [-0.39, 0.29) is 17.8 Å². The first-order chi connectivity index (χ1) is 14.5. The number of nitrogens with one attached hydrogen (secondary N) is 1. The number of rotatable bonds is 3. The Morgan fingerprint density at radius 3 is 2.87 bits per heavy atom. The fourth-order valence-electron chi connectivity index (χ4n) is 4.60. The molecule has 1 N–H and O–H groups in total. The van der Waals surface area contributed by atoms with Crippen molar-refractivity contribution in [2.45, 2.75) is 45.6 Å². The van der Waals surface area contributed by atoms with Crippen LogP contribution in [0.4, 0.5) is 5.95 Å². The van der Waals surface area contributed by atoms with E-state index < -0.39 is 0 Å². The molecular weight excluding hydrogens is 378 g/mol. The van der Waals surface area contributed by atoms with Gasteiger partial charge in [0.25, 0.3) is 5.56 Å². The summed E-state index contributed by atoms with van der Waals surface area (Å²) in [5, 5.41) is 1.15. The van der Waals surface area contributed by atoms with Gasteiger partial charge < -0.3 is 9.64 Å². The highest BCUT2D eigenvalue weighted by Gasteiger charge is 2.27. The van der Waals surface area contributed by atoms with E-state index in [2.05, 4.69) is 57.9 Å². The van der Waals surface area contributed by atoms with Crippen LogP contribution in [0.5, 0.6) is 0 Å². The Morgan fingerprint density at radius 1 is 1.20 bits per heavy atom. The number of nitrogens with zero attached hydrogens (tertiary/aromatic N) is 4. The average Bonchev–Trinajstić information content (AvgIpc) is 2.73. The Bertz CT molecular complexity index is 1120. The molecule has 156 valence electrons. The van der Waals surface area contributed by atoms with Crippen molar-refractivity contribution >= 4 is 16.9 Å². The molecule has 2 aromatic heterocycles. The smallest absolute Gasteiger partial charge is 0.255 e. The predicted molar refractivity (Wildman–Crippen MR) is 117 cm³/mol. The van der Waals surface area contributed by atoms with Gasteiger partial charge >= 0.3 is 0 Å². The third-order valence-corrected chi connectivity index (χ3v) is 5.93. The van der Waals surface area contributed by atoms with Crippen LogP contribution in [-0.2, 0) is 24.2 Å². The highest BCUT2D eigenvalue weighted by molar-refractivity contribution is 5.78. The minimum absolute atomic E-state index is 0.00164. The van der Waals surface area contributed by atoms with Crippen molar-refractivity contribution in [2.75, 3.05) is 24.5 Å². The second kappa shape index (κ2) is 7.81. The second-order valence-corrected chi connectivity index (χ2v) is 8.47. The molecule has 0 radical (unpaired) electrons. The first-order valence-electron chi connectivity index (χ1n) is 10.6. The summed E-state index contributed by atoms with van der Waals surface area (Å²) in [6.45, 7) is 7.96. The van der Waals surface area contributed by atoms with Gasteiger partial charge in [-0.3, -0.25) is 19.7 Å². The number of aromatic nitrogens is 3. The Balaban J connectivity index is 1.37. The average molecular weight is 406 g/mol. The molecule has 7 nitrogen and oxygen atoms in total. The number of hydrogen-bond donors (Lipinski definition) is 1. The van der Waals surface area contributed by atoms with Gasteiger partial charge in [-0.1, -0.05) is 12.1 Å². The zero-order valence-corrected chi connectivity index (χ0v) is 17.5. The molecule has 0 saturated carbocycles. The fraction of sp³-hybridized carbons (Fsp3) is 0.435. The zero-order valence-electron chi connectivity index (χ0n) is 17.5. The summed E-state index contributed by atoms with van der Waals surface area (Å²) in [5.74, 6) is 0.666. The van der Waals surface area contributed by atoms with Crippen molar-refractivity contribution in [2.24, 2.45) is 0 Å². The summed E-state index contributed by atoms with van der Waals surface area (Å²) >= 11 is 0. The second-order valence-electron chi connectivity index (χ2n) is 8.47. The fourth-order valence-corrected chi connectivity index (χ4v) is 4.60. The van der Waals surface area contributed by atoms with E-state index in [1.165, 1.54) is 5.56 Å². The van der Waals surface area contributed by atoms with Crippen LogP contribution in [-0.4, -0.2) is 51.7 Å². The van der Waals surface area contributed by atoms with E-state index in [0.717, 1.165) is 54.8 Å². The molecular formula is C23H27N5O2. The highest BCUT2D eigenvalue weighted by Crippen LogP contribution is 2.22. The zero-order chi connectivity index (χ0) is 20.7. The monoisotopic (exact) mass is 405 g/mol. The third kappa shape index (κ3) is 3.82. The van der Waals surface area contributed by atoms with Crippen molar-refractivity contribution in [3.05, 3.63) is 63.7 Å². The molecule has 5 rings (SSSR count). The quantitative estimate of drug-likeness (QED) is 0.722. The van der Waals surface area contributed by atoms with E-state index in [0.29, 0.717) is 12.5 Å². The molecule has 30 heavy (non-hydrogen) atoms. The van der Waals surface area contributed by atoms with Gasteiger partial charge in [0.15, 0.2) is 0 Å². The van der Waals surface area contributed by atoms with Crippen molar-refractivity contribution in [3.8, 4) is 0 Å². The predicted octanol–water partition coefficient (Wildman–Crippen LogP) is 2.49. The summed E-state index contributed by atoms with van der Waals surface area (Å²) in [5.41, 5.74) is 3.98. The number of aromatic amines is 1. The molecule has 3 aromatic rings. The Labute approximate surface area is 175 Å². The van der Waals surface area contributed by atoms with E-state index in [1.54, 1.807) is 0 Å². The van der Waals surface area contributed by atoms with Crippen LogP contribution in [0.15, 0.2) is 41.3 Å². The maximum Gasteiger partial charge on any atom is 0.255 e. The molecule has 2 atom stereocenters. The van der Waals surface area contributed by atoms with Crippen molar-refractivity contribution in [1.29, 1.82) is 0 Å². The topological polar surface area (TPSA) is 74.4 Å². The van der Waals surface area contributed by atoms with Gasteiger partial charge in [0.2, 0.25) is 5.95 Å². The number of fused-ring (bicyclic) bond motifs is 2. The largest absolute Gasteiger partial charge is 0.372 e. The molecule has 0 amide bonds. The van der Waals surface area contributed by atoms with Crippen LogP contribution >= 0.6 is 0 Å². The number of H-pyrrole nitrogens is 1. The Kier molecular flexibility index (Phi) is 5.00. The molecule has 1 fully saturated rings. The number of benzene rings is 1.